The molecule has 0 saturated carbocycles. The van der Waals surface area contributed by atoms with Gasteiger partial charge in [0, 0.05) is 49.0 Å². The molecule has 7 rings (SSSR count). The van der Waals surface area contributed by atoms with Gasteiger partial charge >= 0.3 is 0 Å². The van der Waals surface area contributed by atoms with E-state index in [9.17, 15) is 5.26 Å². The number of benzene rings is 2. The Bertz CT molecular complexity index is 1720. The first-order chi connectivity index (χ1) is 19.6. The summed E-state index contributed by atoms with van der Waals surface area (Å²) in [6.45, 7) is 4.81. The van der Waals surface area contributed by atoms with E-state index in [1.807, 2.05) is 47.4 Å². The predicted molar refractivity (Wildman–Crippen MR) is 156 cm³/mol. The van der Waals surface area contributed by atoms with E-state index in [-0.39, 0.29) is 5.41 Å². The predicted octanol–water partition coefficient (Wildman–Crippen LogP) is 5.11. The lowest BCUT2D eigenvalue weighted by atomic mass is 9.86. The van der Waals surface area contributed by atoms with Gasteiger partial charge in [0.2, 0.25) is 0 Å². The Labute approximate surface area is 233 Å². The molecule has 1 spiro atoms. The van der Waals surface area contributed by atoms with E-state index in [4.69, 9.17) is 15.7 Å². The molecule has 0 unspecified atom stereocenters. The molecule has 5 heterocycles. The lowest BCUT2D eigenvalue weighted by Gasteiger charge is -2.23. The lowest BCUT2D eigenvalue weighted by molar-refractivity contribution is 0.257. The van der Waals surface area contributed by atoms with E-state index in [1.54, 1.807) is 6.20 Å². The van der Waals surface area contributed by atoms with Crippen LogP contribution in [-0.2, 0) is 6.54 Å². The van der Waals surface area contributed by atoms with Gasteiger partial charge in [0.15, 0.2) is 17.7 Å². The molecule has 2 aliphatic rings. The Kier molecular flexibility index (Phi) is 5.94. The molecule has 0 amide bonds. The van der Waals surface area contributed by atoms with Crippen LogP contribution in [0.15, 0.2) is 85.1 Å². The Morgan fingerprint density at radius 3 is 2.48 bits per heavy atom. The van der Waals surface area contributed by atoms with Crippen LogP contribution in [0.25, 0.3) is 39.5 Å². The van der Waals surface area contributed by atoms with E-state index >= 15 is 0 Å². The molecule has 2 saturated heterocycles. The molecule has 8 heteroatoms. The number of pyridine rings is 2. The van der Waals surface area contributed by atoms with Crippen LogP contribution < -0.4 is 5.73 Å². The van der Waals surface area contributed by atoms with Crippen molar-refractivity contribution in [3.05, 3.63) is 90.6 Å². The van der Waals surface area contributed by atoms with E-state index in [2.05, 4.69) is 57.0 Å². The zero-order chi connectivity index (χ0) is 27.1. The Hall–Kier alpha value is -4.74. The van der Waals surface area contributed by atoms with Crippen LogP contribution in [0.3, 0.4) is 0 Å². The molecule has 0 radical (unpaired) electrons. The molecule has 0 bridgehead atoms. The van der Waals surface area contributed by atoms with Crippen LogP contribution in [0.4, 0.5) is 5.82 Å². The smallest absolute Gasteiger partial charge is 0.179 e. The Morgan fingerprint density at radius 2 is 1.70 bits per heavy atom. The first-order valence-corrected chi connectivity index (χ1v) is 13.7. The number of imidazole rings is 1. The number of aromatic nitrogens is 4. The summed E-state index contributed by atoms with van der Waals surface area (Å²) in [4.78, 5) is 18.8. The summed E-state index contributed by atoms with van der Waals surface area (Å²) in [6, 6.07) is 26.7. The molecule has 2 aromatic carbocycles. The van der Waals surface area contributed by atoms with Gasteiger partial charge in [0.05, 0.1) is 11.3 Å². The molecule has 1 atom stereocenters. The lowest BCUT2D eigenvalue weighted by Crippen LogP contribution is -2.29. The third kappa shape index (κ3) is 4.34. The van der Waals surface area contributed by atoms with E-state index < -0.39 is 0 Å². The second-order valence-corrected chi connectivity index (χ2v) is 11.0. The topological polar surface area (TPSA) is 99.9 Å². The van der Waals surface area contributed by atoms with Crippen molar-refractivity contribution in [1.82, 2.24) is 29.3 Å². The summed E-state index contributed by atoms with van der Waals surface area (Å²) >= 11 is 0. The summed E-state index contributed by atoms with van der Waals surface area (Å²) in [5, 5.41) is 9.30. The molecule has 2 N–H and O–H groups in total. The summed E-state index contributed by atoms with van der Waals surface area (Å²) in [6.07, 6.45) is 6.30. The van der Waals surface area contributed by atoms with Crippen molar-refractivity contribution in [2.24, 2.45) is 5.41 Å². The number of nitrogens with two attached hydrogens (primary N) is 1. The molecule has 3 aromatic heterocycles. The maximum absolute atomic E-state index is 9.30. The van der Waals surface area contributed by atoms with Crippen LogP contribution in [0, 0.1) is 16.9 Å². The summed E-state index contributed by atoms with van der Waals surface area (Å²) in [7, 11) is 0. The summed E-state index contributed by atoms with van der Waals surface area (Å²) < 4.78 is 2.08. The molecular formula is C32H30N8. The molecule has 0 aliphatic carbocycles. The van der Waals surface area contributed by atoms with Crippen LogP contribution in [0.2, 0.25) is 0 Å². The fourth-order valence-corrected chi connectivity index (χ4v) is 6.28. The van der Waals surface area contributed by atoms with Crippen LogP contribution in [0.5, 0.6) is 0 Å². The van der Waals surface area contributed by atoms with Gasteiger partial charge in [-0.2, -0.15) is 5.26 Å². The minimum absolute atomic E-state index is 0.270. The number of hydrogen-bond acceptors (Lipinski definition) is 7. The van der Waals surface area contributed by atoms with Gasteiger partial charge in [-0.05, 0) is 61.3 Å². The summed E-state index contributed by atoms with van der Waals surface area (Å²) in [5.74, 6) is 1.15. The normalized spacial score (nSPS) is 19.0. The van der Waals surface area contributed by atoms with Crippen molar-refractivity contribution in [2.45, 2.75) is 19.4 Å². The number of hydrogen-bond donors (Lipinski definition) is 1. The monoisotopic (exact) mass is 526 g/mol. The zero-order valence-electron chi connectivity index (χ0n) is 22.2. The van der Waals surface area contributed by atoms with Crippen molar-refractivity contribution in [1.29, 1.82) is 5.26 Å². The largest absolute Gasteiger partial charge is 0.383 e. The van der Waals surface area contributed by atoms with Gasteiger partial charge in [-0.3, -0.25) is 9.47 Å². The second kappa shape index (κ2) is 9.78. The summed E-state index contributed by atoms with van der Waals surface area (Å²) in [5.41, 5.74) is 13.1. The van der Waals surface area contributed by atoms with Gasteiger partial charge in [-0.15, -0.1) is 0 Å². The molecule has 5 aromatic rings. The van der Waals surface area contributed by atoms with E-state index in [1.165, 1.54) is 5.56 Å². The van der Waals surface area contributed by atoms with Gasteiger partial charge in [0.1, 0.15) is 11.3 Å². The first kappa shape index (κ1) is 24.3. The fraction of sp³-hybridized carbons (Fsp3) is 0.250. The van der Waals surface area contributed by atoms with Crippen molar-refractivity contribution in [3.63, 3.8) is 0 Å². The van der Waals surface area contributed by atoms with Crippen molar-refractivity contribution in [3.8, 4) is 34.5 Å². The highest BCUT2D eigenvalue weighted by Crippen LogP contribution is 2.40. The quantitative estimate of drug-likeness (QED) is 0.318. The SMILES string of the molecule is N#CN1CC[C@@]2(CCN(Cc3ccc(-n4c(-c5cccnc5N)nc5ccc(-c6ccccc6)nc54)cc3)C2)C1. The highest BCUT2D eigenvalue weighted by Gasteiger charge is 2.43. The molecule has 2 aliphatic heterocycles. The maximum atomic E-state index is 9.30. The van der Waals surface area contributed by atoms with Crippen molar-refractivity contribution >= 4 is 17.0 Å². The molecule has 198 valence electrons. The highest BCUT2D eigenvalue weighted by molar-refractivity contribution is 5.84. The number of nitrogen functional groups attached to an aromatic ring is 1. The fourth-order valence-electron chi connectivity index (χ4n) is 6.28. The molecular weight excluding hydrogens is 496 g/mol. The zero-order valence-corrected chi connectivity index (χ0v) is 22.2. The molecule has 40 heavy (non-hydrogen) atoms. The van der Waals surface area contributed by atoms with E-state index in [0.717, 1.165) is 85.1 Å². The third-order valence-electron chi connectivity index (χ3n) is 8.35. The minimum atomic E-state index is 0.270. The number of rotatable bonds is 5. The Balaban J connectivity index is 1.23. The number of nitrogens with zero attached hydrogens (tertiary/aromatic N) is 7. The molecule has 2 fully saturated rings. The standard InChI is InChI=1S/C32H30N8/c33-22-39-18-15-32(21-39)14-17-38(20-32)19-23-8-10-25(11-9-23)40-30(26-7-4-16-35-29(26)34)37-28-13-12-27(36-31(28)40)24-5-2-1-3-6-24/h1-13,16H,14-15,17-21H2,(H2,34,35)/t32-/m1/s1. The number of fused-ring (bicyclic) bond motifs is 1. The van der Waals surface area contributed by atoms with Crippen LogP contribution in [0.1, 0.15) is 18.4 Å². The van der Waals surface area contributed by atoms with Crippen LogP contribution in [-0.4, -0.2) is 55.5 Å². The Morgan fingerprint density at radius 1 is 0.875 bits per heavy atom. The van der Waals surface area contributed by atoms with Gasteiger partial charge < -0.3 is 10.6 Å². The van der Waals surface area contributed by atoms with Crippen molar-refractivity contribution < 1.29 is 0 Å². The van der Waals surface area contributed by atoms with Gasteiger partial charge in [-0.25, -0.2) is 15.0 Å². The van der Waals surface area contributed by atoms with Crippen molar-refractivity contribution in [2.75, 3.05) is 31.9 Å². The minimum Gasteiger partial charge on any atom is -0.383 e. The number of likely N-dealkylation sites (tertiary alicyclic amines) is 2. The number of anilines is 1. The average molecular weight is 527 g/mol. The first-order valence-electron chi connectivity index (χ1n) is 13.7. The number of nitriles is 1. The van der Waals surface area contributed by atoms with Gasteiger partial charge in [0.25, 0.3) is 0 Å². The van der Waals surface area contributed by atoms with E-state index in [0.29, 0.717) is 5.82 Å². The maximum Gasteiger partial charge on any atom is 0.179 e. The molecule has 8 nitrogen and oxygen atoms in total. The highest BCUT2D eigenvalue weighted by atomic mass is 15.2. The van der Waals surface area contributed by atoms with Crippen LogP contribution >= 0.6 is 0 Å². The second-order valence-electron chi connectivity index (χ2n) is 11.0. The third-order valence-corrected chi connectivity index (χ3v) is 8.35. The van der Waals surface area contributed by atoms with Gasteiger partial charge in [-0.1, -0.05) is 42.5 Å². The average Bonchev–Trinajstić information content (AvgIpc) is 3.70.